The lowest BCUT2D eigenvalue weighted by Gasteiger charge is -2.42. The largest absolute Gasteiger partial charge is 0.394 e. The molecule has 0 unspecified atom stereocenters. The summed E-state index contributed by atoms with van der Waals surface area (Å²) in [5, 5.41) is 79.0. The average Bonchev–Trinajstić information content (AvgIpc) is 2.98. The molecule has 1 heterocycles. The molecule has 1 aliphatic rings. The Morgan fingerprint density at radius 3 is 1.66 bits per heavy atom. The molecule has 1 aliphatic heterocycles. The molecule has 0 aromatic heterocycles. The molecule has 0 bridgehead atoms. The zero-order valence-electron chi connectivity index (χ0n) is 24.8. The van der Waals surface area contributed by atoms with Gasteiger partial charge in [0.05, 0.1) is 19.8 Å². The Morgan fingerprint density at radius 2 is 1.15 bits per heavy atom. The fourth-order valence-corrected chi connectivity index (χ4v) is 4.83. The fraction of sp³-hybridized carbons (Fsp3) is 1.00. The second-order valence-electron chi connectivity index (χ2n) is 11.1. The van der Waals surface area contributed by atoms with Crippen LogP contribution in [0.5, 0.6) is 0 Å². The SMILES string of the molecule is CCCCCCCCCCCCCCCCOCOC[C@H]1O[C@@H](O[C@@H]([C@H](O)[C@@H](O)CO)[C@H](O)CO)[C@H](O)[C@@H](O)[C@H]1O. The van der Waals surface area contributed by atoms with Crippen molar-refractivity contribution in [3.05, 3.63) is 0 Å². The summed E-state index contributed by atoms with van der Waals surface area (Å²) in [5.74, 6) is 0. The van der Waals surface area contributed by atoms with E-state index in [4.69, 9.17) is 24.1 Å². The van der Waals surface area contributed by atoms with Gasteiger partial charge in [0.15, 0.2) is 6.29 Å². The minimum absolute atomic E-state index is 0.0670. The second-order valence-corrected chi connectivity index (χ2v) is 11.1. The van der Waals surface area contributed by atoms with Gasteiger partial charge in [0, 0.05) is 6.61 Å². The third-order valence-corrected chi connectivity index (χ3v) is 7.53. The molecule has 8 N–H and O–H groups in total. The van der Waals surface area contributed by atoms with Crippen molar-refractivity contribution in [2.45, 2.75) is 152 Å². The summed E-state index contributed by atoms with van der Waals surface area (Å²) in [6.07, 6.45) is 3.04. The average molecular weight is 599 g/mol. The molecule has 0 aromatic rings. The highest BCUT2D eigenvalue weighted by molar-refractivity contribution is 4.91. The Kier molecular flexibility index (Phi) is 22.5. The van der Waals surface area contributed by atoms with Crippen molar-refractivity contribution >= 4 is 0 Å². The number of aliphatic hydroxyl groups is 8. The van der Waals surface area contributed by atoms with Crippen molar-refractivity contribution in [2.75, 3.05) is 33.2 Å². The van der Waals surface area contributed by atoms with Crippen molar-refractivity contribution in [2.24, 2.45) is 0 Å². The molecule has 9 atom stereocenters. The van der Waals surface area contributed by atoms with E-state index in [9.17, 15) is 35.7 Å². The maximum Gasteiger partial charge on any atom is 0.187 e. The summed E-state index contributed by atoms with van der Waals surface area (Å²) >= 11 is 0. The van der Waals surface area contributed by atoms with E-state index in [-0.39, 0.29) is 13.4 Å². The molecule has 0 aromatic carbocycles. The van der Waals surface area contributed by atoms with Gasteiger partial charge in [0.2, 0.25) is 0 Å². The number of aliphatic hydroxyl groups excluding tert-OH is 8. The maximum atomic E-state index is 10.3. The fourth-order valence-electron chi connectivity index (χ4n) is 4.83. The lowest BCUT2D eigenvalue weighted by Crippen LogP contribution is -2.61. The van der Waals surface area contributed by atoms with E-state index in [1.54, 1.807) is 0 Å². The molecule has 41 heavy (non-hydrogen) atoms. The van der Waals surface area contributed by atoms with E-state index < -0.39 is 68.3 Å². The summed E-state index contributed by atoms with van der Waals surface area (Å²) in [6.45, 7) is 0.766. The Labute approximate surface area is 245 Å². The van der Waals surface area contributed by atoms with Crippen LogP contribution >= 0.6 is 0 Å². The summed E-state index contributed by atoms with van der Waals surface area (Å²) in [4.78, 5) is 0. The van der Waals surface area contributed by atoms with Crippen LogP contribution < -0.4 is 0 Å². The molecule has 0 radical (unpaired) electrons. The highest BCUT2D eigenvalue weighted by Gasteiger charge is 2.47. The van der Waals surface area contributed by atoms with Crippen molar-refractivity contribution in [1.82, 2.24) is 0 Å². The van der Waals surface area contributed by atoms with Gasteiger partial charge in [-0.25, -0.2) is 0 Å². The first-order chi connectivity index (χ1) is 19.8. The van der Waals surface area contributed by atoms with Gasteiger partial charge >= 0.3 is 0 Å². The molecule has 1 saturated heterocycles. The monoisotopic (exact) mass is 598 g/mol. The van der Waals surface area contributed by atoms with Crippen LogP contribution in [0, 0.1) is 0 Å². The van der Waals surface area contributed by atoms with Crippen molar-refractivity contribution in [3.8, 4) is 0 Å². The van der Waals surface area contributed by atoms with Gasteiger partial charge in [-0.05, 0) is 6.42 Å². The molecule has 12 heteroatoms. The van der Waals surface area contributed by atoms with Gasteiger partial charge < -0.3 is 59.8 Å². The second kappa shape index (κ2) is 23.9. The molecule has 1 fully saturated rings. The zero-order valence-corrected chi connectivity index (χ0v) is 24.8. The van der Waals surface area contributed by atoms with Gasteiger partial charge in [-0.15, -0.1) is 0 Å². The first kappa shape index (κ1) is 38.5. The number of rotatable bonds is 26. The highest BCUT2D eigenvalue weighted by Crippen LogP contribution is 2.25. The van der Waals surface area contributed by atoms with Gasteiger partial charge in [-0.2, -0.15) is 0 Å². The highest BCUT2D eigenvalue weighted by atomic mass is 16.7. The normalized spacial score (nSPS) is 26.1. The van der Waals surface area contributed by atoms with Gasteiger partial charge in [0.1, 0.15) is 55.6 Å². The third kappa shape index (κ3) is 15.7. The number of unbranched alkanes of at least 4 members (excludes halogenated alkanes) is 13. The number of hydrogen-bond donors (Lipinski definition) is 8. The predicted octanol–water partition coefficient (Wildman–Crippen LogP) is 0.719. The van der Waals surface area contributed by atoms with Crippen LogP contribution in [0.25, 0.3) is 0 Å². The van der Waals surface area contributed by atoms with E-state index in [0.717, 1.165) is 12.8 Å². The molecular weight excluding hydrogens is 540 g/mol. The Balaban J connectivity index is 2.21. The summed E-state index contributed by atoms with van der Waals surface area (Å²) in [5.41, 5.74) is 0. The lowest BCUT2D eigenvalue weighted by atomic mass is 9.98. The van der Waals surface area contributed by atoms with Crippen molar-refractivity contribution < 1.29 is 59.8 Å². The zero-order chi connectivity index (χ0) is 30.5. The van der Waals surface area contributed by atoms with Crippen LogP contribution in [-0.2, 0) is 18.9 Å². The van der Waals surface area contributed by atoms with Gasteiger partial charge in [-0.3, -0.25) is 0 Å². The van der Waals surface area contributed by atoms with E-state index in [1.807, 2.05) is 0 Å². The van der Waals surface area contributed by atoms with E-state index in [2.05, 4.69) is 6.92 Å². The van der Waals surface area contributed by atoms with Crippen LogP contribution in [0.2, 0.25) is 0 Å². The molecule has 0 saturated carbocycles. The molecule has 0 spiro atoms. The van der Waals surface area contributed by atoms with Crippen LogP contribution in [-0.4, -0.2) is 129 Å². The third-order valence-electron chi connectivity index (χ3n) is 7.53. The quantitative estimate of drug-likeness (QED) is 0.0513. The standard InChI is InChI=1S/C29H58O12/c1-2-3-4-5-6-7-8-9-10-11-12-13-14-15-16-38-20-39-19-23-25(35)26(36)27(37)29(40-23)41-28(22(33)18-31)24(34)21(32)17-30/h21-37H,2-20H2,1H3/t21-,22+,23+,24+,25-,26-,27+,28+,29-/m0/s1. The van der Waals surface area contributed by atoms with E-state index in [0.29, 0.717) is 6.61 Å². The predicted molar refractivity (Wildman–Crippen MR) is 151 cm³/mol. The molecule has 0 aliphatic carbocycles. The van der Waals surface area contributed by atoms with Crippen molar-refractivity contribution in [3.63, 3.8) is 0 Å². The Bertz CT molecular complexity index is 600. The van der Waals surface area contributed by atoms with Crippen molar-refractivity contribution in [1.29, 1.82) is 0 Å². The van der Waals surface area contributed by atoms with E-state index >= 15 is 0 Å². The van der Waals surface area contributed by atoms with Crippen LogP contribution in [0.15, 0.2) is 0 Å². The van der Waals surface area contributed by atoms with Crippen LogP contribution in [0.1, 0.15) is 96.8 Å². The molecule has 12 nitrogen and oxygen atoms in total. The molecular formula is C29H58O12. The van der Waals surface area contributed by atoms with Crippen LogP contribution in [0.3, 0.4) is 0 Å². The summed E-state index contributed by atoms with van der Waals surface area (Å²) in [7, 11) is 0. The van der Waals surface area contributed by atoms with Crippen LogP contribution in [0.4, 0.5) is 0 Å². The molecule has 246 valence electrons. The molecule has 0 amide bonds. The number of ether oxygens (including phenoxy) is 4. The summed E-state index contributed by atoms with van der Waals surface area (Å²) in [6, 6.07) is 0. The smallest absolute Gasteiger partial charge is 0.187 e. The van der Waals surface area contributed by atoms with Gasteiger partial charge in [-0.1, -0.05) is 90.4 Å². The van der Waals surface area contributed by atoms with Gasteiger partial charge in [0.25, 0.3) is 0 Å². The number of hydrogen-bond acceptors (Lipinski definition) is 12. The first-order valence-electron chi connectivity index (χ1n) is 15.5. The Morgan fingerprint density at radius 1 is 0.634 bits per heavy atom. The minimum Gasteiger partial charge on any atom is -0.394 e. The molecule has 1 rings (SSSR count). The maximum absolute atomic E-state index is 10.3. The lowest BCUT2D eigenvalue weighted by molar-refractivity contribution is -0.330. The van der Waals surface area contributed by atoms with E-state index in [1.165, 1.54) is 77.0 Å². The minimum atomic E-state index is -1.85. The Hall–Kier alpha value is -0.480. The summed E-state index contributed by atoms with van der Waals surface area (Å²) < 4.78 is 21.7. The first-order valence-corrected chi connectivity index (χ1v) is 15.5. The topological polar surface area (TPSA) is 199 Å².